The van der Waals surface area contributed by atoms with Crippen molar-refractivity contribution >= 4 is 29.9 Å². The summed E-state index contributed by atoms with van der Waals surface area (Å²) in [5, 5.41) is 6.95. The third-order valence-corrected chi connectivity index (χ3v) is 3.06. The fourth-order valence-electron chi connectivity index (χ4n) is 1.89. The van der Waals surface area contributed by atoms with E-state index in [4.69, 9.17) is 9.26 Å². The van der Waals surface area contributed by atoms with Crippen LogP contribution < -0.4 is 10.1 Å². The highest BCUT2D eigenvalue weighted by atomic mass is 127. The van der Waals surface area contributed by atoms with Crippen LogP contribution in [0.2, 0.25) is 0 Å². The molecule has 0 fully saturated rings. The van der Waals surface area contributed by atoms with E-state index in [9.17, 15) is 4.39 Å². The molecule has 0 radical (unpaired) electrons. The van der Waals surface area contributed by atoms with Gasteiger partial charge in [-0.2, -0.15) is 4.98 Å². The molecule has 0 amide bonds. The fourth-order valence-corrected chi connectivity index (χ4v) is 1.89. The van der Waals surface area contributed by atoms with Crippen molar-refractivity contribution in [2.24, 2.45) is 4.99 Å². The van der Waals surface area contributed by atoms with Gasteiger partial charge in [0.15, 0.2) is 11.8 Å². The van der Waals surface area contributed by atoms with Crippen LogP contribution in [0.15, 0.2) is 33.8 Å². The highest BCUT2D eigenvalue weighted by molar-refractivity contribution is 14.0. The first-order valence-corrected chi connectivity index (χ1v) is 7.18. The second-order valence-electron chi connectivity index (χ2n) is 4.85. The highest BCUT2D eigenvalue weighted by Gasteiger charge is 2.08. The van der Waals surface area contributed by atoms with Crippen LogP contribution in [0.1, 0.15) is 11.7 Å². The summed E-state index contributed by atoms with van der Waals surface area (Å²) in [4.78, 5) is 10.2. The minimum Gasteiger partial charge on any atom is -0.492 e. The van der Waals surface area contributed by atoms with Crippen molar-refractivity contribution < 1.29 is 13.7 Å². The highest BCUT2D eigenvalue weighted by Crippen LogP contribution is 2.10. The first kappa shape index (κ1) is 20.1. The standard InChI is InChI=1S/C15H20FN5O2.HI/c1-11-19-14(20-23-11)10-18-15(17-2)21(3)8-9-22-13-6-4-12(16)5-7-13;/h4-7H,8-10H2,1-3H3,(H,17,18);1H. The van der Waals surface area contributed by atoms with Gasteiger partial charge in [0.2, 0.25) is 5.89 Å². The Morgan fingerprint density at radius 1 is 1.38 bits per heavy atom. The lowest BCUT2D eigenvalue weighted by atomic mass is 10.3. The lowest BCUT2D eigenvalue weighted by molar-refractivity contribution is 0.281. The minimum atomic E-state index is -0.282. The molecule has 0 atom stereocenters. The van der Waals surface area contributed by atoms with Crippen molar-refractivity contribution in [1.29, 1.82) is 0 Å². The molecule has 0 aliphatic heterocycles. The van der Waals surface area contributed by atoms with Gasteiger partial charge >= 0.3 is 0 Å². The van der Waals surface area contributed by atoms with Crippen LogP contribution in [0.5, 0.6) is 5.75 Å². The average molecular weight is 449 g/mol. The summed E-state index contributed by atoms with van der Waals surface area (Å²) in [6, 6.07) is 5.93. The molecule has 1 aromatic heterocycles. The largest absolute Gasteiger partial charge is 0.492 e. The maximum atomic E-state index is 12.8. The van der Waals surface area contributed by atoms with E-state index in [-0.39, 0.29) is 29.8 Å². The number of guanidine groups is 1. The zero-order chi connectivity index (χ0) is 16.7. The molecule has 24 heavy (non-hydrogen) atoms. The van der Waals surface area contributed by atoms with Crippen LogP contribution in [0, 0.1) is 12.7 Å². The number of halogens is 2. The number of likely N-dealkylation sites (N-methyl/N-ethyl adjacent to an activating group) is 1. The number of rotatable bonds is 6. The van der Waals surface area contributed by atoms with E-state index >= 15 is 0 Å². The molecule has 0 aliphatic rings. The Balaban J connectivity index is 0.00000288. The summed E-state index contributed by atoms with van der Waals surface area (Å²) in [5.74, 6) is 2.13. The zero-order valence-electron chi connectivity index (χ0n) is 13.8. The molecule has 1 N–H and O–H groups in total. The van der Waals surface area contributed by atoms with E-state index in [0.29, 0.717) is 43.1 Å². The molecule has 7 nitrogen and oxygen atoms in total. The SMILES string of the molecule is CN=C(NCc1noc(C)n1)N(C)CCOc1ccc(F)cc1.I. The van der Waals surface area contributed by atoms with Crippen LogP contribution >= 0.6 is 24.0 Å². The summed E-state index contributed by atoms with van der Waals surface area (Å²) in [6.45, 7) is 3.23. The number of ether oxygens (including phenoxy) is 1. The molecular weight excluding hydrogens is 428 g/mol. The maximum Gasteiger partial charge on any atom is 0.223 e. The summed E-state index contributed by atoms with van der Waals surface area (Å²) in [7, 11) is 3.59. The number of benzene rings is 1. The van der Waals surface area contributed by atoms with E-state index in [2.05, 4.69) is 20.4 Å². The molecule has 0 spiro atoms. The second-order valence-corrected chi connectivity index (χ2v) is 4.85. The van der Waals surface area contributed by atoms with Crippen molar-refractivity contribution in [3.05, 3.63) is 41.8 Å². The normalized spacial score (nSPS) is 10.9. The predicted molar refractivity (Wildman–Crippen MR) is 99.2 cm³/mol. The third kappa shape index (κ3) is 6.30. The van der Waals surface area contributed by atoms with Gasteiger partial charge in [0, 0.05) is 21.0 Å². The molecule has 2 rings (SSSR count). The monoisotopic (exact) mass is 449 g/mol. The number of hydrogen-bond donors (Lipinski definition) is 1. The van der Waals surface area contributed by atoms with Gasteiger partial charge < -0.3 is 19.5 Å². The van der Waals surface area contributed by atoms with Crippen molar-refractivity contribution in [2.45, 2.75) is 13.5 Å². The van der Waals surface area contributed by atoms with Gasteiger partial charge in [-0.1, -0.05) is 5.16 Å². The number of hydrogen-bond acceptors (Lipinski definition) is 5. The average Bonchev–Trinajstić information content (AvgIpc) is 2.95. The topological polar surface area (TPSA) is 75.8 Å². The lowest BCUT2D eigenvalue weighted by Crippen LogP contribution is -2.40. The van der Waals surface area contributed by atoms with Gasteiger partial charge in [-0.25, -0.2) is 4.39 Å². The molecule has 132 valence electrons. The third-order valence-electron chi connectivity index (χ3n) is 3.06. The van der Waals surface area contributed by atoms with Crippen LogP contribution in [-0.2, 0) is 6.54 Å². The Hall–Kier alpha value is -1.91. The van der Waals surface area contributed by atoms with Crippen molar-refractivity contribution in [1.82, 2.24) is 20.4 Å². The van der Waals surface area contributed by atoms with E-state index in [0.717, 1.165) is 0 Å². The minimum absolute atomic E-state index is 0. The summed E-state index contributed by atoms with van der Waals surface area (Å²) >= 11 is 0. The number of aryl methyl sites for hydroxylation is 1. The van der Waals surface area contributed by atoms with Gasteiger partial charge in [-0.15, -0.1) is 24.0 Å². The number of nitrogens with one attached hydrogen (secondary N) is 1. The summed E-state index contributed by atoms with van der Waals surface area (Å²) in [5.41, 5.74) is 0. The van der Waals surface area contributed by atoms with Gasteiger partial charge in [-0.3, -0.25) is 4.99 Å². The number of aliphatic imine (C=N–C) groups is 1. The predicted octanol–water partition coefficient (Wildman–Crippen LogP) is 2.22. The molecule has 0 unspecified atom stereocenters. The Labute approximate surface area is 157 Å². The number of nitrogens with zero attached hydrogens (tertiary/aromatic N) is 4. The Morgan fingerprint density at radius 3 is 2.67 bits per heavy atom. The van der Waals surface area contributed by atoms with Gasteiger partial charge in [-0.05, 0) is 24.3 Å². The van der Waals surface area contributed by atoms with Crippen molar-refractivity contribution in [2.75, 3.05) is 27.2 Å². The molecular formula is C15H21FIN5O2. The lowest BCUT2D eigenvalue weighted by Gasteiger charge is -2.21. The van der Waals surface area contributed by atoms with E-state index in [1.807, 2.05) is 11.9 Å². The fraction of sp³-hybridized carbons (Fsp3) is 0.400. The number of aromatic nitrogens is 2. The van der Waals surface area contributed by atoms with Crippen LogP contribution in [0.3, 0.4) is 0 Å². The smallest absolute Gasteiger partial charge is 0.223 e. The second kappa shape index (κ2) is 10.1. The maximum absolute atomic E-state index is 12.8. The Bertz CT molecular complexity index is 648. The van der Waals surface area contributed by atoms with E-state index in [1.165, 1.54) is 12.1 Å². The van der Waals surface area contributed by atoms with E-state index in [1.54, 1.807) is 26.1 Å². The molecule has 1 heterocycles. The first-order chi connectivity index (χ1) is 11.1. The van der Waals surface area contributed by atoms with Crippen LogP contribution in [-0.4, -0.2) is 48.2 Å². The molecule has 0 saturated heterocycles. The van der Waals surface area contributed by atoms with Gasteiger partial charge in [0.1, 0.15) is 18.2 Å². The molecule has 2 aromatic rings. The van der Waals surface area contributed by atoms with E-state index < -0.39 is 0 Å². The van der Waals surface area contributed by atoms with Crippen LogP contribution in [0.4, 0.5) is 4.39 Å². The quantitative estimate of drug-likeness (QED) is 0.414. The Morgan fingerprint density at radius 2 is 2.08 bits per heavy atom. The van der Waals surface area contributed by atoms with Crippen molar-refractivity contribution in [3.8, 4) is 5.75 Å². The summed E-state index contributed by atoms with van der Waals surface area (Å²) in [6.07, 6.45) is 0. The summed E-state index contributed by atoms with van der Waals surface area (Å²) < 4.78 is 23.3. The van der Waals surface area contributed by atoms with Gasteiger partial charge in [0.25, 0.3) is 0 Å². The molecule has 1 aromatic carbocycles. The zero-order valence-corrected chi connectivity index (χ0v) is 16.2. The Kier molecular flexibility index (Phi) is 8.44. The molecule has 9 heteroatoms. The molecule has 0 aliphatic carbocycles. The molecule has 0 saturated carbocycles. The first-order valence-electron chi connectivity index (χ1n) is 7.18. The molecule has 0 bridgehead atoms. The van der Waals surface area contributed by atoms with Gasteiger partial charge in [0.05, 0.1) is 13.1 Å². The van der Waals surface area contributed by atoms with Crippen molar-refractivity contribution in [3.63, 3.8) is 0 Å². The van der Waals surface area contributed by atoms with Crippen LogP contribution in [0.25, 0.3) is 0 Å².